The van der Waals surface area contributed by atoms with E-state index in [0.717, 1.165) is 12.0 Å². The van der Waals surface area contributed by atoms with Crippen LogP contribution in [0.1, 0.15) is 33.6 Å². The zero-order valence-electron chi connectivity index (χ0n) is 9.22. The Morgan fingerprint density at radius 1 is 1.50 bits per heavy atom. The molecule has 0 aromatic heterocycles. The molecule has 0 aliphatic heterocycles. The second kappa shape index (κ2) is 3.99. The predicted molar refractivity (Wildman–Crippen MR) is 56.9 cm³/mol. The number of rotatable bonds is 3. The van der Waals surface area contributed by atoms with E-state index < -0.39 is 0 Å². The van der Waals surface area contributed by atoms with Crippen LogP contribution < -0.4 is 0 Å². The maximum Gasteiger partial charge on any atom is 0.197 e. The van der Waals surface area contributed by atoms with Gasteiger partial charge in [-0.05, 0) is 24.3 Å². The van der Waals surface area contributed by atoms with Crippen LogP contribution in [0.3, 0.4) is 0 Å². The molecule has 0 amide bonds. The molecule has 0 fully saturated rings. The van der Waals surface area contributed by atoms with E-state index >= 15 is 0 Å². The first-order valence-corrected chi connectivity index (χ1v) is 4.93. The van der Waals surface area contributed by atoms with Gasteiger partial charge in [-0.1, -0.05) is 26.5 Å². The number of ketones is 1. The molecule has 1 aliphatic carbocycles. The summed E-state index contributed by atoms with van der Waals surface area (Å²) in [7, 11) is 0. The van der Waals surface area contributed by atoms with Crippen LogP contribution in [-0.2, 0) is 9.53 Å². The topological polar surface area (TPSA) is 26.3 Å². The van der Waals surface area contributed by atoms with Gasteiger partial charge in [0, 0.05) is 6.42 Å². The van der Waals surface area contributed by atoms with Gasteiger partial charge in [0.15, 0.2) is 11.5 Å². The smallest absolute Gasteiger partial charge is 0.197 e. The molecule has 0 N–H and O–H groups in total. The number of Topliss-reactive ketones (excluding diaryl/α,β-unsaturated/α-hetero) is 1. The van der Waals surface area contributed by atoms with Gasteiger partial charge in [0.25, 0.3) is 0 Å². The Kier molecular flexibility index (Phi) is 3.14. The lowest BCUT2D eigenvalue weighted by atomic mass is 9.76. The average molecular weight is 194 g/mol. The summed E-state index contributed by atoms with van der Waals surface area (Å²) in [5.41, 5.74) is 1.15. The third-order valence-electron chi connectivity index (χ3n) is 2.37. The van der Waals surface area contributed by atoms with Crippen LogP contribution in [0.4, 0.5) is 0 Å². The molecule has 78 valence electrons. The first-order chi connectivity index (χ1) is 6.46. The molecule has 0 heterocycles. The Labute approximate surface area is 85.6 Å². The van der Waals surface area contributed by atoms with Crippen molar-refractivity contribution < 1.29 is 9.53 Å². The molecule has 0 saturated carbocycles. The second-order valence-electron chi connectivity index (χ2n) is 4.65. The van der Waals surface area contributed by atoms with Gasteiger partial charge < -0.3 is 4.74 Å². The zero-order valence-corrected chi connectivity index (χ0v) is 9.22. The Hall–Kier alpha value is -1.05. The number of hydrogen-bond donors (Lipinski definition) is 0. The van der Waals surface area contributed by atoms with E-state index in [9.17, 15) is 4.79 Å². The summed E-state index contributed by atoms with van der Waals surface area (Å²) in [4.78, 5) is 11.7. The van der Waals surface area contributed by atoms with Crippen molar-refractivity contribution in [1.82, 2.24) is 0 Å². The largest absolute Gasteiger partial charge is 0.486 e. The number of carbonyl (C=O) groups excluding carboxylic acids is 1. The summed E-state index contributed by atoms with van der Waals surface area (Å²) in [6.45, 7) is 10.2. The predicted octanol–water partition coefficient (Wildman–Crippen LogP) is 2.85. The lowest BCUT2D eigenvalue weighted by molar-refractivity contribution is -0.121. The highest BCUT2D eigenvalue weighted by molar-refractivity contribution is 5.95. The van der Waals surface area contributed by atoms with Crippen molar-refractivity contribution in [3.8, 4) is 0 Å². The molecule has 2 heteroatoms. The Morgan fingerprint density at radius 2 is 2.14 bits per heavy atom. The van der Waals surface area contributed by atoms with Crippen molar-refractivity contribution in [2.45, 2.75) is 33.6 Å². The first kappa shape index (κ1) is 11.0. The zero-order chi connectivity index (χ0) is 10.8. The highest BCUT2D eigenvalue weighted by atomic mass is 16.5. The molecule has 0 atom stereocenters. The molecule has 1 aliphatic rings. The molecule has 0 unspecified atom stereocenters. The molecule has 0 aromatic carbocycles. The van der Waals surface area contributed by atoms with Crippen LogP contribution >= 0.6 is 0 Å². The third-order valence-corrected chi connectivity index (χ3v) is 2.37. The van der Waals surface area contributed by atoms with Crippen LogP contribution in [-0.4, -0.2) is 12.4 Å². The highest BCUT2D eigenvalue weighted by Crippen LogP contribution is 2.36. The van der Waals surface area contributed by atoms with E-state index in [4.69, 9.17) is 4.74 Å². The Morgan fingerprint density at radius 3 is 2.64 bits per heavy atom. The van der Waals surface area contributed by atoms with Crippen molar-refractivity contribution in [3.05, 3.63) is 24.0 Å². The number of hydrogen-bond acceptors (Lipinski definition) is 2. The molecular formula is C12H18O2. The van der Waals surface area contributed by atoms with E-state index in [1.54, 1.807) is 6.08 Å². The molecule has 1 rings (SSSR count). The van der Waals surface area contributed by atoms with E-state index in [2.05, 4.69) is 20.4 Å². The van der Waals surface area contributed by atoms with Gasteiger partial charge in [0.2, 0.25) is 0 Å². The van der Waals surface area contributed by atoms with Gasteiger partial charge in [-0.15, -0.1) is 0 Å². The van der Waals surface area contributed by atoms with E-state index in [0.29, 0.717) is 18.8 Å². The highest BCUT2D eigenvalue weighted by Gasteiger charge is 2.31. The van der Waals surface area contributed by atoms with E-state index in [-0.39, 0.29) is 11.2 Å². The molecule has 14 heavy (non-hydrogen) atoms. The fourth-order valence-corrected chi connectivity index (χ4v) is 1.96. The van der Waals surface area contributed by atoms with Gasteiger partial charge in [-0.25, -0.2) is 0 Å². The number of allylic oxidation sites excluding steroid dienone is 2. The van der Waals surface area contributed by atoms with Crippen molar-refractivity contribution in [2.75, 3.05) is 6.61 Å². The van der Waals surface area contributed by atoms with Crippen LogP contribution in [0.5, 0.6) is 0 Å². The lowest BCUT2D eigenvalue weighted by Crippen LogP contribution is -2.26. The maximum atomic E-state index is 11.7. The van der Waals surface area contributed by atoms with Crippen LogP contribution in [0.2, 0.25) is 0 Å². The monoisotopic (exact) mass is 194 g/mol. The minimum absolute atomic E-state index is 0.0855. The normalized spacial score (nSPS) is 20.9. The van der Waals surface area contributed by atoms with Gasteiger partial charge >= 0.3 is 0 Å². The fraction of sp³-hybridized carbons (Fsp3) is 0.583. The Balaban J connectivity index is 2.82. The molecule has 0 saturated heterocycles. The van der Waals surface area contributed by atoms with E-state index in [1.807, 2.05) is 6.92 Å². The van der Waals surface area contributed by atoms with Crippen molar-refractivity contribution in [2.24, 2.45) is 5.41 Å². The maximum absolute atomic E-state index is 11.7. The van der Waals surface area contributed by atoms with Crippen LogP contribution in [0.25, 0.3) is 0 Å². The van der Waals surface area contributed by atoms with Gasteiger partial charge in [-0.2, -0.15) is 0 Å². The minimum Gasteiger partial charge on any atom is -0.486 e. The summed E-state index contributed by atoms with van der Waals surface area (Å²) < 4.78 is 5.36. The van der Waals surface area contributed by atoms with Crippen LogP contribution in [0.15, 0.2) is 24.0 Å². The Bertz CT molecular complexity index is 285. The molecule has 0 aromatic rings. The summed E-state index contributed by atoms with van der Waals surface area (Å²) >= 11 is 0. The second-order valence-corrected chi connectivity index (χ2v) is 4.65. The molecule has 0 bridgehead atoms. The summed E-state index contributed by atoms with van der Waals surface area (Å²) in [6, 6.07) is 0. The minimum atomic E-state index is 0.0855. The molecule has 0 spiro atoms. The quantitative estimate of drug-likeness (QED) is 0.646. The first-order valence-electron chi connectivity index (χ1n) is 4.93. The lowest BCUT2D eigenvalue weighted by Gasteiger charge is -2.30. The van der Waals surface area contributed by atoms with Gasteiger partial charge in [-0.3, -0.25) is 4.79 Å². The van der Waals surface area contributed by atoms with E-state index in [1.165, 1.54) is 0 Å². The summed E-state index contributed by atoms with van der Waals surface area (Å²) in [5, 5.41) is 0. The SMILES string of the molecule is C=CCOC1=C(C)CC(C)(C)CC1=O. The van der Waals surface area contributed by atoms with Gasteiger partial charge in [0.1, 0.15) is 6.61 Å². The number of ether oxygens (including phenoxy) is 1. The van der Waals surface area contributed by atoms with Crippen LogP contribution in [0, 0.1) is 5.41 Å². The fourth-order valence-electron chi connectivity index (χ4n) is 1.96. The average Bonchev–Trinajstić information content (AvgIpc) is 2.00. The molecule has 0 radical (unpaired) electrons. The van der Waals surface area contributed by atoms with Crippen molar-refractivity contribution >= 4 is 5.78 Å². The van der Waals surface area contributed by atoms with Crippen molar-refractivity contribution in [1.29, 1.82) is 0 Å². The summed E-state index contributed by atoms with van der Waals surface area (Å²) in [6.07, 6.45) is 3.18. The van der Waals surface area contributed by atoms with Gasteiger partial charge in [0.05, 0.1) is 0 Å². The standard InChI is InChI=1S/C12H18O2/c1-5-6-14-11-9(2)7-12(3,4)8-10(11)13/h5H,1,6-8H2,2-4H3. The third kappa shape index (κ3) is 2.47. The molecule has 2 nitrogen and oxygen atoms in total. The number of carbonyl (C=O) groups is 1. The molecular weight excluding hydrogens is 176 g/mol. The van der Waals surface area contributed by atoms with Crippen molar-refractivity contribution in [3.63, 3.8) is 0 Å². The summed E-state index contributed by atoms with van der Waals surface area (Å²) in [5.74, 6) is 0.685.